The molecule has 0 amide bonds. The Balaban J connectivity index is 1.99. The van der Waals surface area contributed by atoms with Crippen LogP contribution in [0.3, 0.4) is 0 Å². The van der Waals surface area contributed by atoms with Crippen molar-refractivity contribution in [1.82, 2.24) is 4.98 Å². The van der Waals surface area contributed by atoms with E-state index in [9.17, 15) is 5.11 Å². The molecule has 6 heteroatoms. The maximum absolute atomic E-state index is 9.91. The minimum Gasteiger partial charge on any atom is -0.504 e. The lowest BCUT2D eigenvalue weighted by Crippen LogP contribution is -2.10. The molecule has 1 fully saturated rings. The second kappa shape index (κ2) is 4.74. The average molecular weight is 377 g/mol. The lowest BCUT2D eigenvalue weighted by atomic mass is 10.3. The average Bonchev–Trinajstić information content (AvgIpc) is 2.96. The van der Waals surface area contributed by atoms with E-state index in [-0.39, 0.29) is 17.9 Å². The third kappa shape index (κ3) is 2.12. The first-order chi connectivity index (χ1) is 8.65. The Morgan fingerprint density at radius 1 is 1.28 bits per heavy atom. The van der Waals surface area contributed by atoms with Gasteiger partial charge in [-0.1, -0.05) is 0 Å². The molecule has 1 heterocycles. The van der Waals surface area contributed by atoms with E-state index in [2.05, 4.69) is 36.8 Å². The number of hydrogen-bond donors (Lipinski definition) is 1. The molecular weight excluding hydrogens is 366 g/mol. The number of phenols is 1. The zero-order chi connectivity index (χ0) is 12.7. The maximum Gasteiger partial charge on any atom is 0.395 e. The van der Waals surface area contributed by atoms with Crippen LogP contribution in [-0.2, 0) is 0 Å². The van der Waals surface area contributed by atoms with E-state index in [1.54, 1.807) is 6.07 Å². The van der Waals surface area contributed by atoms with Gasteiger partial charge in [-0.3, -0.25) is 0 Å². The molecular formula is C12H11Br2NO3. The molecule has 0 aliphatic heterocycles. The smallest absolute Gasteiger partial charge is 0.395 e. The van der Waals surface area contributed by atoms with Crippen molar-refractivity contribution in [2.24, 2.45) is 0 Å². The predicted octanol–water partition coefficient (Wildman–Crippen LogP) is 4.38. The molecule has 3 rings (SSSR count). The van der Waals surface area contributed by atoms with Crippen molar-refractivity contribution in [3.63, 3.8) is 0 Å². The molecule has 1 aromatic heterocycles. The van der Waals surface area contributed by atoms with Gasteiger partial charge >= 0.3 is 6.08 Å². The van der Waals surface area contributed by atoms with Gasteiger partial charge in [0.15, 0.2) is 16.8 Å². The fourth-order valence-electron chi connectivity index (χ4n) is 2.18. The highest BCUT2D eigenvalue weighted by atomic mass is 79.9. The van der Waals surface area contributed by atoms with Gasteiger partial charge in [-0.05, 0) is 63.6 Å². The van der Waals surface area contributed by atoms with Crippen molar-refractivity contribution < 1.29 is 14.3 Å². The first kappa shape index (κ1) is 12.3. The fourth-order valence-corrected chi connectivity index (χ4v) is 3.40. The van der Waals surface area contributed by atoms with E-state index >= 15 is 0 Å². The molecule has 0 atom stereocenters. The Labute approximate surface area is 121 Å². The highest BCUT2D eigenvalue weighted by Crippen LogP contribution is 2.39. The number of hydrogen-bond acceptors (Lipinski definition) is 4. The van der Waals surface area contributed by atoms with E-state index in [1.165, 1.54) is 12.8 Å². The van der Waals surface area contributed by atoms with Gasteiger partial charge in [-0.15, -0.1) is 0 Å². The molecule has 0 spiro atoms. The Bertz CT molecular complexity index is 591. The van der Waals surface area contributed by atoms with Crippen molar-refractivity contribution in [3.05, 3.63) is 15.0 Å². The van der Waals surface area contributed by atoms with E-state index in [1.807, 2.05) is 0 Å². The molecule has 1 aliphatic carbocycles. The fraction of sp³-hybridized carbons (Fsp3) is 0.417. The highest BCUT2D eigenvalue weighted by Gasteiger charge is 2.21. The Morgan fingerprint density at radius 2 is 2.00 bits per heavy atom. The van der Waals surface area contributed by atoms with Crippen LogP contribution in [0, 0.1) is 0 Å². The van der Waals surface area contributed by atoms with Crippen LogP contribution < -0.4 is 4.74 Å². The van der Waals surface area contributed by atoms with E-state index < -0.39 is 0 Å². The summed E-state index contributed by atoms with van der Waals surface area (Å²) >= 11 is 6.64. The van der Waals surface area contributed by atoms with Crippen molar-refractivity contribution in [1.29, 1.82) is 0 Å². The van der Waals surface area contributed by atoms with Crippen LogP contribution in [0.4, 0.5) is 0 Å². The third-order valence-electron chi connectivity index (χ3n) is 3.10. The van der Waals surface area contributed by atoms with Crippen LogP contribution in [0.1, 0.15) is 25.7 Å². The molecule has 18 heavy (non-hydrogen) atoms. The zero-order valence-electron chi connectivity index (χ0n) is 9.45. The van der Waals surface area contributed by atoms with Gasteiger partial charge in [0.2, 0.25) is 0 Å². The number of ether oxygens (including phenoxy) is 1. The predicted molar refractivity (Wildman–Crippen MR) is 74.0 cm³/mol. The van der Waals surface area contributed by atoms with Gasteiger partial charge in [0, 0.05) is 0 Å². The number of oxazole rings is 1. The van der Waals surface area contributed by atoms with E-state index in [4.69, 9.17) is 9.15 Å². The quantitative estimate of drug-likeness (QED) is 0.844. The number of benzene rings is 1. The number of aromatic nitrogens is 1. The number of phenolic OH excluding ortho intramolecular Hbond substituents is 1. The van der Waals surface area contributed by atoms with Gasteiger partial charge in [0.25, 0.3) is 0 Å². The molecule has 1 saturated carbocycles. The van der Waals surface area contributed by atoms with Crippen molar-refractivity contribution >= 4 is 43.0 Å². The van der Waals surface area contributed by atoms with Crippen molar-refractivity contribution in [3.8, 4) is 11.8 Å². The summed E-state index contributed by atoms with van der Waals surface area (Å²) in [6, 6.07) is 1.72. The summed E-state index contributed by atoms with van der Waals surface area (Å²) in [4.78, 5) is 4.20. The monoisotopic (exact) mass is 375 g/mol. The summed E-state index contributed by atoms with van der Waals surface area (Å²) in [7, 11) is 0. The van der Waals surface area contributed by atoms with Crippen molar-refractivity contribution in [2.45, 2.75) is 31.8 Å². The summed E-state index contributed by atoms with van der Waals surface area (Å²) in [5, 5.41) is 9.91. The Kier molecular flexibility index (Phi) is 3.23. The SMILES string of the molecule is Oc1c(Br)cc(Br)c2oc(OC3CCCC3)nc12. The molecule has 4 nitrogen and oxygen atoms in total. The minimum absolute atomic E-state index is 0.0678. The van der Waals surface area contributed by atoms with Crippen molar-refractivity contribution in [2.75, 3.05) is 0 Å². The van der Waals surface area contributed by atoms with Crippen LogP contribution in [0.2, 0.25) is 0 Å². The van der Waals surface area contributed by atoms with Gasteiger partial charge in [-0.2, -0.15) is 4.98 Å². The number of fused-ring (bicyclic) bond motifs is 1. The van der Waals surface area contributed by atoms with E-state index in [0.717, 1.165) is 17.3 Å². The Morgan fingerprint density at radius 3 is 2.72 bits per heavy atom. The lowest BCUT2D eigenvalue weighted by molar-refractivity contribution is 0.156. The number of aromatic hydroxyl groups is 1. The van der Waals surface area contributed by atoms with Gasteiger partial charge < -0.3 is 14.3 Å². The van der Waals surface area contributed by atoms with Crippen LogP contribution in [0.25, 0.3) is 11.1 Å². The summed E-state index contributed by atoms with van der Waals surface area (Å²) in [6.45, 7) is 0. The molecule has 0 bridgehead atoms. The van der Waals surface area contributed by atoms with Crippen LogP contribution >= 0.6 is 31.9 Å². The van der Waals surface area contributed by atoms with E-state index in [0.29, 0.717) is 15.6 Å². The topological polar surface area (TPSA) is 55.5 Å². The molecule has 0 radical (unpaired) electrons. The molecule has 0 saturated heterocycles. The molecule has 0 unspecified atom stereocenters. The van der Waals surface area contributed by atoms with Crippen LogP contribution in [0.5, 0.6) is 11.8 Å². The van der Waals surface area contributed by atoms with Crippen LogP contribution in [0.15, 0.2) is 19.4 Å². The maximum atomic E-state index is 9.91. The normalized spacial score (nSPS) is 16.6. The first-order valence-corrected chi connectivity index (χ1v) is 7.38. The first-order valence-electron chi connectivity index (χ1n) is 5.79. The summed E-state index contributed by atoms with van der Waals surface area (Å²) in [5.41, 5.74) is 0.910. The standard InChI is InChI=1S/C12H11Br2NO3/c13-7-5-8(14)11-9(10(7)16)15-12(18-11)17-6-3-1-2-4-6/h5-6,16H,1-4H2. The molecule has 96 valence electrons. The second-order valence-electron chi connectivity index (χ2n) is 4.37. The number of rotatable bonds is 2. The Hall–Kier alpha value is -0.750. The lowest BCUT2D eigenvalue weighted by Gasteiger charge is -2.07. The van der Waals surface area contributed by atoms with Gasteiger partial charge in [0.1, 0.15) is 6.10 Å². The number of nitrogens with zero attached hydrogens (tertiary/aromatic N) is 1. The molecule has 1 aromatic carbocycles. The number of halogens is 2. The molecule has 1 N–H and O–H groups in total. The molecule has 2 aromatic rings. The highest BCUT2D eigenvalue weighted by molar-refractivity contribution is 9.11. The zero-order valence-corrected chi connectivity index (χ0v) is 12.6. The van der Waals surface area contributed by atoms with Crippen LogP contribution in [-0.4, -0.2) is 16.2 Å². The minimum atomic E-state index is 0.0678. The summed E-state index contributed by atoms with van der Waals surface area (Å²) < 4.78 is 12.5. The summed E-state index contributed by atoms with van der Waals surface area (Å²) in [6.07, 6.45) is 4.86. The second-order valence-corrected chi connectivity index (χ2v) is 6.08. The molecule has 1 aliphatic rings. The van der Waals surface area contributed by atoms with Gasteiger partial charge in [0.05, 0.1) is 8.95 Å². The summed E-state index contributed by atoms with van der Waals surface area (Å²) in [5.74, 6) is 0.0678. The largest absolute Gasteiger partial charge is 0.504 e. The van der Waals surface area contributed by atoms with Gasteiger partial charge in [-0.25, -0.2) is 0 Å². The third-order valence-corrected chi connectivity index (χ3v) is 4.29.